The van der Waals surface area contributed by atoms with Crippen molar-refractivity contribution in [1.82, 2.24) is 15.0 Å². The molecule has 4 aromatic rings. The smallest absolute Gasteiger partial charge is 0.270 e. The third kappa shape index (κ3) is 6.29. The molecular formula is C22H17N9O4. The molecule has 0 radical (unpaired) electrons. The molecule has 0 unspecified atom stereocenters. The van der Waals surface area contributed by atoms with Gasteiger partial charge in [0.05, 0.1) is 16.1 Å². The number of para-hydroxylation sites is 1. The van der Waals surface area contributed by atoms with Crippen LogP contribution in [0.2, 0.25) is 0 Å². The number of rotatable bonds is 9. The molecule has 0 saturated carbocycles. The Kier molecular flexibility index (Phi) is 6.78. The molecule has 0 aliphatic rings. The van der Waals surface area contributed by atoms with Crippen LogP contribution in [-0.2, 0) is 0 Å². The van der Waals surface area contributed by atoms with E-state index in [0.717, 1.165) is 5.69 Å². The van der Waals surface area contributed by atoms with Crippen molar-refractivity contribution in [2.24, 2.45) is 5.10 Å². The van der Waals surface area contributed by atoms with Crippen LogP contribution in [0.3, 0.4) is 0 Å². The monoisotopic (exact) mass is 471 g/mol. The van der Waals surface area contributed by atoms with Crippen LogP contribution in [0.25, 0.3) is 0 Å². The van der Waals surface area contributed by atoms with Gasteiger partial charge in [-0.1, -0.05) is 30.3 Å². The van der Waals surface area contributed by atoms with Crippen molar-refractivity contribution >= 4 is 46.8 Å². The summed E-state index contributed by atoms with van der Waals surface area (Å²) in [5.74, 6) is 0.452. The van der Waals surface area contributed by atoms with Gasteiger partial charge in [-0.2, -0.15) is 20.1 Å². The van der Waals surface area contributed by atoms with E-state index in [1.807, 2.05) is 30.3 Å². The van der Waals surface area contributed by atoms with Crippen LogP contribution in [-0.4, -0.2) is 31.0 Å². The van der Waals surface area contributed by atoms with Gasteiger partial charge in [0, 0.05) is 41.2 Å². The Morgan fingerprint density at radius 1 is 0.686 bits per heavy atom. The van der Waals surface area contributed by atoms with Crippen molar-refractivity contribution < 1.29 is 9.85 Å². The summed E-state index contributed by atoms with van der Waals surface area (Å²) in [7, 11) is 0. The van der Waals surface area contributed by atoms with Crippen LogP contribution in [0.5, 0.6) is 0 Å². The highest BCUT2D eigenvalue weighted by atomic mass is 16.6. The number of nitro benzene ring substituents is 2. The van der Waals surface area contributed by atoms with Crippen molar-refractivity contribution in [3.05, 3.63) is 105 Å². The third-order valence-electron chi connectivity index (χ3n) is 4.46. The molecule has 174 valence electrons. The van der Waals surface area contributed by atoms with Gasteiger partial charge in [0.25, 0.3) is 11.4 Å². The average molecular weight is 471 g/mol. The average Bonchev–Trinajstić information content (AvgIpc) is 2.85. The van der Waals surface area contributed by atoms with Crippen LogP contribution < -0.4 is 16.1 Å². The quantitative estimate of drug-likeness (QED) is 0.177. The summed E-state index contributed by atoms with van der Waals surface area (Å²) in [5, 5.41) is 31.9. The normalized spacial score (nSPS) is 10.6. The summed E-state index contributed by atoms with van der Waals surface area (Å²) in [4.78, 5) is 33.7. The summed E-state index contributed by atoms with van der Waals surface area (Å²) < 4.78 is 0. The van der Waals surface area contributed by atoms with Crippen LogP contribution in [0, 0.1) is 20.2 Å². The summed E-state index contributed by atoms with van der Waals surface area (Å²) in [6.45, 7) is 0. The molecule has 3 N–H and O–H groups in total. The van der Waals surface area contributed by atoms with Crippen molar-refractivity contribution in [3.63, 3.8) is 0 Å². The highest BCUT2D eigenvalue weighted by Crippen LogP contribution is 2.21. The molecule has 0 aliphatic heterocycles. The zero-order chi connectivity index (χ0) is 24.6. The molecule has 3 aromatic carbocycles. The van der Waals surface area contributed by atoms with Crippen molar-refractivity contribution in [1.29, 1.82) is 0 Å². The van der Waals surface area contributed by atoms with Crippen LogP contribution in [0.15, 0.2) is 84.0 Å². The first-order valence-corrected chi connectivity index (χ1v) is 10.1. The first-order chi connectivity index (χ1) is 17.0. The SMILES string of the molecule is O=[N+]([O-])c1ccc(Nc2nc(NN=Cc3cccc([N+](=O)[O-])c3)nc(Nc3ccccc3)n2)cc1. The van der Waals surface area contributed by atoms with Crippen molar-refractivity contribution in [3.8, 4) is 0 Å². The zero-order valence-corrected chi connectivity index (χ0v) is 17.9. The summed E-state index contributed by atoms with van der Waals surface area (Å²) in [5.41, 5.74) is 4.36. The van der Waals surface area contributed by atoms with Gasteiger partial charge in [-0.25, -0.2) is 5.43 Å². The molecule has 1 aromatic heterocycles. The minimum atomic E-state index is -0.492. The Hall–Kier alpha value is -5.46. The van der Waals surface area contributed by atoms with Gasteiger partial charge in [0.15, 0.2) is 0 Å². The Labute approximate surface area is 197 Å². The second-order valence-electron chi connectivity index (χ2n) is 6.95. The van der Waals surface area contributed by atoms with Gasteiger partial charge < -0.3 is 10.6 Å². The fourth-order valence-electron chi connectivity index (χ4n) is 2.87. The number of anilines is 5. The molecule has 13 nitrogen and oxygen atoms in total. The molecule has 4 rings (SSSR count). The van der Waals surface area contributed by atoms with Crippen molar-refractivity contribution in [2.75, 3.05) is 16.1 Å². The van der Waals surface area contributed by atoms with Gasteiger partial charge in [-0.05, 0) is 24.3 Å². The van der Waals surface area contributed by atoms with E-state index in [-0.39, 0.29) is 29.2 Å². The molecule has 0 fully saturated rings. The van der Waals surface area contributed by atoms with Gasteiger partial charge in [-0.3, -0.25) is 20.2 Å². The predicted octanol–water partition coefficient (Wildman–Crippen LogP) is 4.62. The molecule has 0 spiro atoms. The van der Waals surface area contributed by atoms with Crippen LogP contribution >= 0.6 is 0 Å². The second kappa shape index (κ2) is 10.4. The van der Waals surface area contributed by atoms with E-state index in [0.29, 0.717) is 11.3 Å². The van der Waals surface area contributed by atoms with E-state index in [9.17, 15) is 20.2 Å². The van der Waals surface area contributed by atoms with E-state index in [1.54, 1.807) is 12.1 Å². The molecule has 0 saturated heterocycles. The van der Waals surface area contributed by atoms with Gasteiger partial charge >= 0.3 is 0 Å². The number of nitro groups is 2. The number of aromatic nitrogens is 3. The maximum atomic E-state index is 10.9. The number of hydrogen-bond donors (Lipinski definition) is 3. The number of benzene rings is 3. The topological polar surface area (TPSA) is 173 Å². The number of hydrazone groups is 1. The van der Waals surface area contributed by atoms with E-state index in [1.165, 1.54) is 42.6 Å². The lowest BCUT2D eigenvalue weighted by molar-refractivity contribution is -0.385. The van der Waals surface area contributed by atoms with Gasteiger partial charge in [-0.15, -0.1) is 0 Å². The summed E-state index contributed by atoms with van der Waals surface area (Å²) >= 11 is 0. The fourth-order valence-corrected chi connectivity index (χ4v) is 2.87. The van der Waals surface area contributed by atoms with E-state index >= 15 is 0 Å². The van der Waals surface area contributed by atoms with Crippen molar-refractivity contribution in [2.45, 2.75) is 0 Å². The molecule has 1 heterocycles. The maximum absolute atomic E-state index is 10.9. The molecule has 0 amide bonds. The Morgan fingerprint density at radius 3 is 1.91 bits per heavy atom. The maximum Gasteiger partial charge on any atom is 0.270 e. The lowest BCUT2D eigenvalue weighted by Crippen LogP contribution is -2.07. The molecule has 35 heavy (non-hydrogen) atoms. The zero-order valence-electron chi connectivity index (χ0n) is 17.9. The lowest BCUT2D eigenvalue weighted by atomic mass is 10.2. The van der Waals surface area contributed by atoms with E-state index in [4.69, 9.17) is 0 Å². The Morgan fingerprint density at radius 2 is 1.29 bits per heavy atom. The van der Waals surface area contributed by atoms with Crippen LogP contribution in [0.4, 0.5) is 40.6 Å². The summed E-state index contributed by atoms with van der Waals surface area (Å²) in [6.07, 6.45) is 1.39. The number of hydrogen-bond acceptors (Lipinski definition) is 11. The third-order valence-corrected chi connectivity index (χ3v) is 4.46. The molecule has 13 heteroatoms. The molecular weight excluding hydrogens is 454 g/mol. The standard InChI is InChI=1S/C22H17N9O4/c32-30(33)18-11-9-17(10-12-18)25-21-26-20(24-16-6-2-1-3-7-16)27-22(28-21)29-23-14-15-5-4-8-19(13-15)31(34)35/h1-14H,(H3,24,25,26,27,28,29). The van der Waals surface area contributed by atoms with Gasteiger partial charge in [0.1, 0.15) is 0 Å². The Bertz CT molecular complexity index is 1380. The summed E-state index contributed by atoms with van der Waals surface area (Å²) in [6, 6.07) is 21.0. The number of nitrogens with one attached hydrogen (secondary N) is 3. The Balaban J connectivity index is 1.57. The molecule has 0 aliphatic carbocycles. The number of non-ortho nitro benzene ring substituents is 2. The number of nitrogens with zero attached hydrogens (tertiary/aromatic N) is 6. The van der Waals surface area contributed by atoms with Crippen LogP contribution in [0.1, 0.15) is 5.56 Å². The first kappa shape index (κ1) is 22.7. The minimum absolute atomic E-state index is 0.0459. The molecule has 0 atom stereocenters. The second-order valence-corrected chi connectivity index (χ2v) is 6.95. The highest BCUT2D eigenvalue weighted by Gasteiger charge is 2.09. The molecule has 0 bridgehead atoms. The largest absolute Gasteiger partial charge is 0.324 e. The van der Waals surface area contributed by atoms with Gasteiger partial charge in [0.2, 0.25) is 17.8 Å². The first-order valence-electron chi connectivity index (χ1n) is 10.1. The predicted molar refractivity (Wildman–Crippen MR) is 130 cm³/mol. The van der Waals surface area contributed by atoms with E-state index < -0.39 is 9.85 Å². The lowest BCUT2D eigenvalue weighted by Gasteiger charge is -2.10. The fraction of sp³-hybridized carbons (Fsp3) is 0. The highest BCUT2D eigenvalue weighted by molar-refractivity contribution is 5.81. The van der Waals surface area contributed by atoms with E-state index in [2.05, 4.69) is 36.1 Å². The minimum Gasteiger partial charge on any atom is -0.324 e.